The average Bonchev–Trinajstić information content (AvgIpc) is 2.79. The highest BCUT2D eigenvalue weighted by molar-refractivity contribution is 5.75. The van der Waals surface area contributed by atoms with Crippen LogP contribution in [0.15, 0.2) is 24.3 Å². The van der Waals surface area contributed by atoms with Gasteiger partial charge in [-0.1, -0.05) is 26.0 Å². The molecule has 0 aliphatic carbocycles. The Balaban J connectivity index is 0.000000637. The molecule has 1 fully saturated rings. The van der Waals surface area contributed by atoms with Gasteiger partial charge in [0.25, 0.3) is 0 Å². The molecule has 4 heteroatoms. The van der Waals surface area contributed by atoms with Crippen molar-refractivity contribution in [1.29, 1.82) is 0 Å². The quantitative estimate of drug-likeness (QED) is 0.832. The standard InChI is InChI=1S/C13H17N3O.C2H6/c1-15-12-5-3-2-4-11(12)14-13(15)10-16-6-8-17-9-7-16;1-2/h2-5H,6-10H2,1H3;1-2H3. The van der Waals surface area contributed by atoms with Gasteiger partial charge in [-0.15, -0.1) is 0 Å². The summed E-state index contributed by atoms with van der Waals surface area (Å²) in [6.07, 6.45) is 0. The van der Waals surface area contributed by atoms with Crippen LogP contribution in [-0.2, 0) is 18.3 Å². The Labute approximate surface area is 115 Å². The number of ether oxygens (including phenoxy) is 1. The number of nitrogens with zero attached hydrogens (tertiary/aromatic N) is 3. The van der Waals surface area contributed by atoms with Gasteiger partial charge in [-0.3, -0.25) is 4.90 Å². The van der Waals surface area contributed by atoms with Crippen molar-refractivity contribution in [2.45, 2.75) is 20.4 Å². The molecular weight excluding hydrogens is 238 g/mol. The van der Waals surface area contributed by atoms with Crippen molar-refractivity contribution in [3.05, 3.63) is 30.1 Å². The van der Waals surface area contributed by atoms with Crippen molar-refractivity contribution >= 4 is 11.0 Å². The Kier molecular flexibility index (Phi) is 4.93. The monoisotopic (exact) mass is 261 g/mol. The predicted molar refractivity (Wildman–Crippen MR) is 78.2 cm³/mol. The summed E-state index contributed by atoms with van der Waals surface area (Å²) in [5, 5.41) is 0. The van der Waals surface area contributed by atoms with Crippen LogP contribution in [0.4, 0.5) is 0 Å². The van der Waals surface area contributed by atoms with Gasteiger partial charge in [0, 0.05) is 20.1 Å². The number of imidazole rings is 1. The second-order valence-electron chi connectivity index (χ2n) is 4.46. The van der Waals surface area contributed by atoms with E-state index in [0.29, 0.717) is 0 Å². The SMILES string of the molecule is CC.Cn1c(CN2CCOCC2)nc2ccccc21. The molecule has 0 unspecified atom stereocenters. The summed E-state index contributed by atoms with van der Waals surface area (Å²) in [6.45, 7) is 8.59. The minimum absolute atomic E-state index is 0.837. The van der Waals surface area contributed by atoms with Crippen molar-refractivity contribution in [2.75, 3.05) is 26.3 Å². The van der Waals surface area contributed by atoms with Crippen molar-refractivity contribution in [2.24, 2.45) is 7.05 Å². The summed E-state index contributed by atoms with van der Waals surface area (Å²) in [5.41, 5.74) is 2.29. The van der Waals surface area contributed by atoms with E-state index in [-0.39, 0.29) is 0 Å². The Bertz CT molecular complexity index is 515. The molecule has 0 atom stereocenters. The number of aromatic nitrogens is 2. The average molecular weight is 261 g/mol. The summed E-state index contributed by atoms with van der Waals surface area (Å²) in [4.78, 5) is 7.08. The highest BCUT2D eigenvalue weighted by Gasteiger charge is 2.14. The fourth-order valence-corrected chi connectivity index (χ4v) is 2.30. The van der Waals surface area contributed by atoms with Crippen LogP contribution in [0, 0.1) is 0 Å². The molecule has 1 saturated heterocycles. The third kappa shape index (κ3) is 3.14. The molecule has 0 bridgehead atoms. The highest BCUT2D eigenvalue weighted by Crippen LogP contribution is 2.15. The first-order valence-corrected chi connectivity index (χ1v) is 7.05. The third-order valence-corrected chi connectivity index (χ3v) is 3.35. The van der Waals surface area contributed by atoms with Gasteiger partial charge >= 0.3 is 0 Å². The number of rotatable bonds is 2. The van der Waals surface area contributed by atoms with E-state index in [1.807, 2.05) is 19.9 Å². The van der Waals surface area contributed by atoms with Crippen LogP contribution in [0.25, 0.3) is 11.0 Å². The molecule has 2 aromatic rings. The van der Waals surface area contributed by atoms with E-state index in [2.05, 4.69) is 39.7 Å². The van der Waals surface area contributed by atoms with E-state index in [0.717, 1.165) is 44.2 Å². The zero-order chi connectivity index (χ0) is 13.7. The largest absolute Gasteiger partial charge is 0.379 e. The zero-order valence-corrected chi connectivity index (χ0v) is 12.1. The Morgan fingerprint density at radius 1 is 1.16 bits per heavy atom. The van der Waals surface area contributed by atoms with Crippen LogP contribution in [0.2, 0.25) is 0 Å². The first-order valence-electron chi connectivity index (χ1n) is 7.05. The summed E-state index contributed by atoms with van der Waals surface area (Å²) >= 11 is 0. The van der Waals surface area contributed by atoms with E-state index in [4.69, 9.17) is 4.74 Å². The first-order chi connectivity index (χ1) is 9.34. The molecule has 0 amide bonds. The topological polar surface area (TPSA) is 30.3 Å². The van der Waals surface area contributed by atoms with Gasteiger partial charge < -0.3 is 9.30 Å². The molecule has 1 aliphatic rings. The molecule has 0 N–H and O–H groups in total. The van der Waals surface area contributed by atoms with Crippen molar-refractivity contribution in [3.63, 3.8) is 0 Å². The van der Waals surface area contributed by atoms with E-state index >= 15 is 0 Å². The smallest absolute Gasteiger partial charge is 0.123 e. The van der Waals surface area contributed by atoms with Gasteiger partial charge in [0.05, 0.1) is 30.8 Å². The van der Waals surface area contributed by atoms with Crippen LogP contribution >= 0.6 is 0 Å². The maximum absolute atomic E-state index is 5.36. The van der Waals surface area contributed by atoms with Gasteiger partial charge in [-0.05, 0) is 12.1 Å². The zero-order valence-electron chi connectivity index (χ0n) is 12.1. The molecule has 1 aromatic heterocycles. The van der Waals surface area contributed by atoms with Crippen molar-refractivity contribution in [1.82, 2.24) is 14.5 Å². The number of morpholine rings is 1. The summed E-state index contributed by atoms with van der Waals surface area (Å²) in [7, 11) is 2.09. The number of fused-ring (bicyclic) bond motifs is 1. The first kappa shape index (κ1) is 14.0. The lowest BCUT2D eigenvalue weighted by molar-refractivity contribution is 0.0328. The van der Waals surface area contributed by atoms with Gasteiger partial charge in [-0.25, -0.2) is 4.98 Å². The summed E-state index contributed by atoms with van der Waals surface area (Å²) < 4.78 is 7.54. The minimum atomic E-state index is 0.837. The van der Waals surface area contributed by atoms with Gasteiger partial charge in [0.1, 0.15) is 5.82 Å². The second-order valence-corrected chi connectivity index (χ2v) is 4.46. The summed E-state index contributed by atoms with van der Waals surface area (Å²) in [6, 6.07) is 8.28. The normalized spacial score (nSPS) is 16.2. The van der Waals surface area contributed by atoms with E-state index in [1.165, 1.54) is 5.52 Å². The molecule has 104 valence electrons. The van der Waals surface area contributed by atoms with E-state index < -0.39 is 0 Å². The van der Waals surface area contributed by atoms with Gasteiger partial charge in [0.2, 0.25) is 0 Å². The fraction of sp³-hybridized carbons (Fsp3) is 0.533. The van der Waals surface area contributed by atoms with Crippen molar-refractivity contribution in [3.8, 4) is 0 Å². The number of benzene rings is 1. The molecule has 0 saturated carbocycles. The predicted octanol–water partition coefficient (Wildman–Crippen LogP) is 2.43. The van der Waals surface area contributed by atoms with Crippen LogP contribution < -0.4 is 0 Å². The second kappa shape index (κ2) is 6.68. The van der Waals surface area contributed by atoms with Gasteiger partial charge in [-0.2, -0.15) is 0 Å². The Hall–Kier alpha value is -1.39. The van der Waals surface area contributed by atoms with E-state index in [9.17, 15) is 0 Å². The number of aryl methyl sites for hydroxylation is 1. The highest BCUT2D eigenvalue weighted by atomic mass is 16.5. The van der Waals surface area contributed by atoms with Crippen molar-refractivity contribution < 1.29 is 4.74 Å². The van der Waals surface area contributed by atoms with E-state index in [1.54, 1.807) is 0 Å². The number of hydrogen-bond donors (Lipinski definition) is 0. The van der Waals surface area contributed by atoms with Crippen LogP contribution in [0.5, 0.6) is 0 Å². The minimum Gasteiger partial charge on any atom is -0.379 e. The van der Waals surface area contributed by atoms with Crippen LogP contribution in [-0.4, -0.2) is 40.8 Å². The summed E-state index contributed by atoms with van der Waals surface area (Å²) in [5.74, 6) is 1.13. The molecule has 3 rings (SSSR count). The maximum Gasteiger partial charge on any atom is 0.123 e. The fourth-order valence-electron chi connectivity index (χ4n) is 2.30. The molecule has 1 aliphatic heterocycles. The Morgan fingerprint density at radius 2 is 1.84 bits per heavy atom. The molecular formula is C15H23N3O. The molecule has 2 heterocycles. The third-order valence-electron chi connectivity index (χ3n) is 3.35. The number of para-hydroxylation sites is 2. The van der Waals surface area contributed by atoms with Crippen LogP contribution in [0.3, 0.4) is 0 Å². The molecule has 1 aromatic carbocycles. The Morgan fingerprint density at radius 3 is 2.53 bits per heavy atom. The molecule has 0 radical (unpaired) electrons. The lowest BCUT2D eigenvalue weighted by Gasteiger charge is -2.26. The molecule has 4 nitrogen and oxygen atoms in total. The molecule has 0 spiro atoms. The lowest BCUT2D eigenvalue weighted by atomic mass is 10.3. The lowest BCUT2D eigenvalue weighted by Crippen LogP contribution is -2.36. The molecule has 19 heavy (non-hydrogen) atoms. The number of hydrogen-bond acceptors (Lipinski definition) is 3. The van der Waals surface area contributed by atoms with Gasteiger partial charge in [0.15, 0.2) is 0 Å². The maximum atomic E-state index is 5.36. The van der Waals surface area contributed by atoms with Crippen LogP contribution in [0.1, 0.15) is 19.7 Å².